The molecule has 25 heavy (non-hydrogen) atoms. The zero-order chi connectivity index (χ0) is 18.6. The number of anilines is 1. The van der Waals surface area contributed by atoms with E-state index in [4.69, 9.17) is 4.74 Å². The van der Waals surface area contributed by atoms with Gasteiger partial charge in [0.25, 0.3) is 5.91 Å². The fourth-order valence-corrected chi connectivity index (χ4v) is 2.71. The Bertz CT molecular complexity index is 647. The maximum Gasteiger partial charge on any atom is 0.416 e. The fourth-order valence-electron chi connectivity index (χ4n) is 2.71. The molecule has 1 N–H and O–H groups in total. The van der Waals surface area contributed by atoms with Crippen LogP contribution >= 0.6 is 0 Å². The van der Waals surface area contributed by atoms with Gasteiger partial charge in [-0.2, -0.15) is 13.2 Å². The van der Waals surface area contributed by atoms with Gasteiger partial charge in [-0.3, -0.25) is 9.59 Å². The molecule has 0 radical (unpaired) electrons. The number of hydrogen-bond acceptors (Lipinski definition) is 3. The number of hydrogen-bond donors (Lipinski definition) is 1. The average molecular weight is 358 g/mol. The van der Waals surface area contributed by atoms with Crippen LogP contribution in [-0.2, 0) is 15.7 Å². The number of rotatable bonds is 6. The Kier molecular flexibility index (Phi) is 6.05. The van der Waals surface area contributed by atoms with Crippen LogP contribution in [0.25, 0.3) is 0 Å². The van der Waals surface area contributed by atoms with Crippen LogP contribution in [0.3, 0.4) is 0 Å². The summed E-state index contributed by atoms with van der Waals surface area (Å²) in [6.07, 6.45) is -3.15. The Morgan fingerprint density at radius 3 is 2.60 bits per heavy atom. The molecule has 0 saturated carbocycles. The SMILES string of the molecule is CCC(COC)NC(=O)c1cc(N2CCCC2=O)cc(C(F)(F)F)c1. The maximum atomic E-state index is 13.2. The van der Waals surface area contributed by atoms with E-state index < -0.39 is 17.6 Å². The van der Waals surface area contributed by atoms with Gasteiger partial charge in [-0.15, -0.1) is 0 Å². The number of alkyl halides is 3. The Labute approximate surface area is 144 Å². The van der Waals surface area contributed by atoms with Crippen molar-refractivity contribution in [1.82, 2.24) is 5.32 Å². The second-order valence-electron chi connectivity index (χ2n) is 5.95. The lowest BCUT2D eigenvalue weighted by molar-refractivity contribution is -0.137. The van der Waals surface area contributed by atoms with E-state index in [1.165, 1.54) is 18.1 Å². The lowest BCUT2D eigenvalue weighted by Gasteiger charge is -2.20. The number of carbonyl (C=O) groups excluding carboxylic acids is 2. The molecule has 1 atom stereocenters. The lowest BCUT2D eigenvalue weighted by atomic mass is 10.1. The van der Waals surface area contributed by atoms with Crippen LogP contribution < -0.4 is 10.2 Å². The third kappa shape index (κ3) is 4.72. The molecule has 1 aromatic carbocycles. The van der Waals surface area contributed by atoms with Crippen LogP contribution in [0.4, 0.5) is 18.9 Å². The van der Waals surface area contributed by atoms with Gasteiger partial charge in [0.1, 0.15) is 0 Å². The quantitative estimate of drug-likeness (QED) is 0.851. The molecule has 1 fully saturated rings. The molecule has 2 rings (SSSR count). The number of ether oxygens (including phenoxy) is 1. The van der Waals surface area contributed by atoms with Gasteiger partial charge in [0, 0.05) is 31.3 Å². The van der Waals surface area contributed by atoms with Crippen LogP contribution in [0, 0.1) is 0 Å². The summed E-state index contributed by atoms with van der Waals surface area (Å²) in [5.41, 5.74) is -0.976. The highest BCUT2D eigenvalue weighted by atomic mass is 19.4. The second kappa shape index (κ2) is 7.86. The predicted octanol–water partition coefficient (Wildman–Crippen LogP) is 2.99. The molecular formula is C17H21F3N2O3. The molecular weight excluding hydrogens is 337 g/mol. The van der Waals surface area contributed by atoms with Gasteiger partial charge < -0.3 is 15.0 Å². The van der Waals surface area contributed by atoms with Gasteiger partial charge in [0.2, 0.25) is 5.91 Å². The molecule has 2 amide bonds. The average Bonchev–Trinajstić information content (AvgIpc) is 2.99. The van der Waals surface area contributed by atoms with E-state index >= 15 is 0 Å². The first-order valence-corrected chi connectivity index (χ1v) is 8.08. The number of methoxy groups -OCH3 is 1. The molecule has 0 spiro atoms. The standard InChI is InChI=1S/C17H21F3N2O3/c1-3-13(10-25-2)21-16(24)11-7-12(17(18,19)20)9-14(8-11)22-6-4-5-15(22)23/h7-9,13H,3-6,10H2,1-2H3,(H,21,24). The van der Waals surface area contributed by atoms with Gasteiger partial charge in [-0.1, -0.05) is 6.92 Å². The molecule has 1 aromatic rings. The largest absolute Gasteiger partial charge is 0.416 e. The van der Waals surface area contributed by atoms with Crippen molar-refractivity contribution >= 4 is 17.5 Å². The van der Waals surface area contributed by atoms with E-state index in [1.54, 1.807) is 0 Å². The van der Waals surface area contributed by atoms with Crippen molar-refractivity contribution in [2.45, 2.75) is 38.4 Å². The molecule has 8 heteroatoms. The third-order valence-electron chi connectivity index (χ3n) is 4.09. The Balaban J connectivity index is 2.36. The van der Waals surface area contributed by atoms with Gasteiger partial charge in [-0.05, 0) is 31.0 Å². The monoisotopic (exact) mass is 358 g/mol. The highest BCUT2D eigenvalue weighted by Gasteiger charge is 2.33. The number of halogens is 3. The molecule has 1 heterocycles. The van der Waals surface area contributed by atoms with Gasteiger partial charge in [0.15, 0.2) is 0 Å². The summed E-state index contributed by atoms with van der Waals surface area (Å²) in [4.78, 5) is 25.5. The predicted molar refractivity (Wildman–Crippen MR) is 86.5 cm³/mol. The van der Waals surface area contributed by atoms with Crippen molar-refractivity contribution in [2.75, 3.05) is 25.2 Å². The van der Waals surface area contributed by atoms with Crippen LogP contribution in [-0.4, -0.2) is 38.1 Å². The van der Waals surface area contributed by atoms with Gasteiger partial charge >= 0.3 is 6.18 Å². The highest BCUT2D eigenvalue weighted by molar-refractivity contribution is 5.99. The Hall–Kier alpha value is -2.09. The summed E-state index contributed by atoms with van der Waals surface area (Å²) in [5, 5.41) is 2.66. The van der Waals surface area contributed by atoms with Crippen LogP contribution in [0.5, 0.6) is 0 Å². The molecule has 1 unspecified atom stereocenters. The topological polar surface area (TPSA) is 58.6 Å². The van der Waals surface area contributed by atoms with Crippen LogP contribution in [0.2, 0.25) is 0 Å². The van der Waals surface area contributed by atoms with Crippen molar-refractivity contribution in [3.63, 3.8) is 0 Å². The summed E-state index contributed by atoms with van der Waals surface area (Å²) in [7, 11) is 1.48. The highest BCUT2D eigenvalue weighted by Crippen LogP contribution is 2.34. The third-order valence-corrected chi connectivity index (χ3v) is 4.09. The first-order valence-electron chi connectivity index (χ1n) is 8.08. The number of nitrogens with zero attached hydrogens (tertiary/aromatic N) is 1. The Morgan fingerprint density at radius 2 is 2.08 bits per heavy atom. The minimum Gasteiger partial charge on any atom is -0.383 e. The lowest BCUT2D eigenvalue weighted by Crippen LogP contribution is -2.37. The number of amides is 2. The van der Waals surface area contributed by atoms with Crippen molar-refractivity contribution in [3.05, 3.63) is 29.3 Å². The number of nitrogens with one attached hydrogen (secondary N) is 1. The summed E-state index contributed by atoms with van der Waals surface area (Å²) in [6, 6.07) is 2.74. The zero-order valence-electron chi connectivity index (χ0n) is 14.2. The van der Waals surface area contributed by atoms with Crippen molar-refractivity contribution < 1.29 is 27.5 Å². The maximum absolute atomic E-state index is 13.2. The van der Waals surface area contributed by atoms with Gasteiger partial charge in [0.05, 0.1) is 18.2 Å². The number of carbonyl (C=O) groups is 2. The number of benzene rings is 1. The molecule has 1 saturated heterocycles. The van der Waals surface area contributed by atoms with Crippen LogP contribution in [0.1, 0.15) is 42.1 Å². The van der Waals surface area contributed by atoms with E-state index in [0.717, 1.165) is 12.1 Å². The molecule has 0 aliphatic carbocycles. The summed E-state index contributed by atoms with van der Waals surface area (Å²) in [6.45, 7) is 2.45. The molecule has 1 aliphatic rings. The van der Waals surface area contributed by atoms with E-state index in [2.05, 4.69) is 5.32 Å². The van der Waals surface area contributed by atoms with E-state index in [9.17, 15) is 22.8 Å². The molecule has 0 bridgehead atoms. The van der Waals surface area contributed by atoms with Crippen molar-refractivity contribution in [2.24, 2.45) is 0 Å². The summed E-state index contributed by atoms with van der Waals surface area (Å²) in [5.74, 6) is -0.862. The van der Waals surface area contributed by atoms with Crippen LogP contribution in [0.15, 0.2) is 18.2 Å². The minimum absolute atomic E-state index is 0.0993. The smallest absolute Gasteiger partial charge is 0.383 e. The first kappa shape index (κ1) is 19.2. The summed E-state index contributed by atoms with van der Waals surface area (Å²) < 4.78 is 44.6. The van der Waals surface area contributed by atoms with E-state index in [-0.39, 0.29) is 29.8 Å². The molecule has 5 nitrogen and oxygen atoms in total. The van der Waals surface area contributed by atoms with Gasteiger partial charge in [-0.25, -0.2) is 0 Å². The van der Waals surface area contributed by atoms with E-state index in [1.807, 2.05) is 6.92 Å². The minimum atomic E-state index is -4.61. The van der Waals surface area contributed by atoms with Crippen molar-refractivity contribution in [1.29, 1.82) is 0 Å². The first-order chi connectivity index (χ1) is 11.8. The van der Waals surface area contributed by atoms with E-state index in [0.29, 0.717) is 25.8 Å². The molecule has 0 aromatic heterocycles. The molecule has 1 aliphatic heterocycles. The zero-order valence-corrected chi connectivity index (χ0v) is 14.2. The second-order valence-corrected chi connectivity index (χ2v) is 5.95. The molecule has 138 valence electrons. The fraction of sp³-hybridized carbons (Fsp3) is 0.529. The summed E-state index contributed by atoms with van der Waals surface area (Å²) >= 11 is 0. The van der Waals surface area contributed by atoms with Crippen molar-refractivity contribution in [3.8, 4) is 0 Å². The Morgan fingerprint density at radius 1 is 1.36 bits per heavy atom. The normalized spacial score (nSPS) is 16.2.